The molecule has 0 aliphatic rings. The second-order valence-electron chi connectivity index (χ2n) is 5.56. The molecule has 0 saturated heterocycles. The lowest BCUT2D eigenvalue weighted by Crippen LogP contribution is -2.23. The summed E-state index contributed by atoms with van der Waals surface area (Å²) in [5, 5.41) is 4.29. The van der Waals surface area contributed by atoms with Gasteiger partial charge in [0.2, 0.25) is 4.96 Å². The van der Waals surface area contributed by atoms with Crippen LogP contribution in [0.2, 0.25) is 10.0 Å². The van der Waals surface area contributed by atoms with Crippen molar-refractivity contribution in [3.8, 4) is 17.1 Å². The van der Waals surface area contributed by atoms with Gasteiger partial charge in [0, 0.05) is 5.56 Å². The molecule has 5 nitrogen and oxygen atoms in total. The summed E-state index contributed by atoms with van der Waals surface area (Å²) in [5.74, 6) is 0.258. The van der Waals surface area contributed by atoms with Gasteiger partial charge < -0.3 is 4.74 Å². The molecule has 4 aromatic rings. The highest BCUT2D eigenvalue weighted by Crippen LogP contribution is 2.30. The second-order valence-corrected chi connectivity index (χ2v) is 7.39. The highest BCUT2D eigenvalue weighted by Gasteiger charge is 2.16. The fraction of sp³-hybridized carbons (Fsp3) is 0.0556. The van der Waals surface area contributed by atoms with Crippen LogP contribution in [0.5, 0.6) is 5.75 Å². The molecule has 0 fully saturated rings. The lowest BCUT2D eigenvalue weighted by atomic mass is 10.2. The Hall–Kier alpha value is -2.48. The van der Waals surface area contributed by atoms with E-state index in [1.54, 1.807) is 13.2 Å². The first-order chi connectivity index (χ1) is 13.0. The quantitative estimate of drug-likeness (QED) is 0.471. The molecule has 27 heavy (non-hydrogen) atoms. The lowest BCUT2D eigenvalue weighted by Gasteiger charge is -2.01. The molecule has 2 aromatic carbocycles. The van der Waals surface area contributed by atoms with E-state index in [1.807, 2.05) is 24.3 Å². The molecule has 0 saturated carbocycles. The van der Waals surface area contributed by atoms with Gasteiger partial charge in [0.15, 0.2) is 5.82 Å². The largest absolute Gasteiger partial charge is 0.497 e. The predicted molar refractivity (Wildman–Crippen MR) is 104 cm³/mol. The number of hydrogen-bond acceptors (Lipinski definition) is 5. The third-order valence-corrected chi connectivity index (χ3v) is 5.41. The van der Waals surface area contributed by atoms with E-state index in [9.17, 15) is 9.18 Å². The highest BCUT2D eigenvalue weighted by atomic mass is 35.5. The molecule has 0 radical (unpaired) electrons. The highest BCUT2D eigenvalue weighted by molar-refractivity contribution is 7.15. The molecule has 0 bridgehead atoms. The van der Waals surface area contributed by atoms with Gasteiger partial charge in [-0.15, -0.1) is 5.10 Å². The summed E-state index contributed by atoms with van der Waals surface area (Å²) >= 11 is 13.0. The third kappa shape index (κ3) is 3.29. The smallest absolute Gasteiger partial charge is 0.291 e. The number of methoxy groups -OCH3 is 1. The molecule has 4 rings (SSSR count). The molecule has 136 valence electrons. The van der Waals surface area contributed by atoms with Crippen molar-refractivity contribution in [2.24, 2.45) is 0 Å². The molecule has 2 heterocycles. The number of thiazole rings is 1. The number of fused-ring (bicyclic) bond motifs is 1. The van der Waals surface area contributed by atoms with E-state index in [1.165, 1.54) is 21.9 Å². The summed E-state index contributed by atoms with van der Waals surface area (Å²) in [5.41, 5.74) is 0.810. The van der Waals surface area contributed by atoms with E-state index >= 15 is 0 Å². The van der Waals surface area contributed by atoms with Gasteiger partial charge in [-0.05, 0) is 35.9 Å². The van der Waals surface area contributed by atoms with Crippen molar-refractivity contribution in [3.63, 3.8) is 0 Å². The monoisotopic (exact) mass is 421 g/mol. The van der Waals surface area contributed by atoms with E-state index < -0.39 is 5.82 Å². The van der Waals surface area contributed by atoms with Crippen molar-refractivity contribution >= 4 is 45.6 Å². The number of aromatic nitrogens is 3. The van der Waals surface area contributed by atoms with Crippen LogP contribution in [0.1, 0.15) is 5.56 Å². The zero-order valence-corrected chi connectivity index (χ0v) is 16.1. The summed E-state index contributed by atoms with van der Waals surface area (Å²) in [6.45, 7) is 0. The molecule has 9 heteroatoms. The summed E-state index contributed by atoms with van der Waals surface area (Å²) in [6, 6.07) is 9.74. The zero-order valence-electron chi connectivity index (χ0n) is 13.7. The number of rotatable bonds is 3. The van der Waals surface area contributed by atoms with Crippen LogP contribution < -0.4 is 14.8 Å². The molecule has 0 spiro atoms. The van der Waals surface area contributed by atoms with Gasteiger partial charge in [-0.1, -0.05) is 46.7 Å². The normalized spacial score (nSPS) is 12.1. The van der Waals surface area contributed by atoms with Crippen LogP contribution in [0, 0.1) is 5.82 Å². The third-order valence-electron chi connectivity index (χ3n) is 3.85. The van der Waals surface area contributed by atoms with E-state index in [0.717, 1.165) is 17.4 Å². The molecule has 0 aliphatic heterocycles. The zero-order chi connectivity index (χ0) is 19.1. The molecule has 0 atom stereocenters. The van der Waals surface area contributed by atoms with Crippen LogP contribution >= 0.6 is 34.5 Å². The van der Waals surface area contributed by atoms with Crippen molar-refractivity contribution in [3.05, 3.63) is 72.7 Å². The van der Waals surface area contributed by atoms with Crippen LogP contribution in [0.25, 0.3) is 22.4 Å². The SMILES string of the molecule is COc1ccc(/C=c2\sc3nc(-c4cc(F)c(Cl)cc4Cl)nn3c2=O)cc1. The Labute approximate surface area is 166 Å². The van der Waals surface area contributed by atoms with Gasteiger partial charge in [0.1, 0.15) is 11.6 Å². The standard InChI is InChI=1S/C18H10Cl2FN3O2S/c1-26-10-4-2-9(3-5-10)6-15-17(25)24-18(27-15)22-16(23-24)11-7-14(21)13(20)8-12(11)19/h2-8H,1H3/b15-6-. The first kappa shape index (κ1) is 17.9. The summed E-state index contributed by atoms with van der Waals surface area (Å²) in [4.78, 5) is 17.3. The Morgan fingerprint density at radius 1 is 1.19 bits per heavy atom. The Bertz CT molecular complexity index is 1270. The molecule has 2 aromatic heterocycles. The number of nitrogens with zero attached hydrogens (tertiary/aromatic N) is 3. The van der Waals surface area contributed by atoms with Crippen LogP contribution in [-0.4, -0.2) is 21.7 Å². The minimum absolute atomic E-state index is 0.0920. The summed E-state index contributed by atoms with van der Waals surface area (Å²) in [7, 11) is 1.59. The van der Waals surface area contributed by atoms with Gasteiger partial charge in [-0.3, -0.25) is 4.79 Å². The number of halogens is 3. The average Bonchev–Trinajstić information content (AvgIpc) is 3.19. The second kappa shape index (κ2) is 6.92. The van der Waals surface area contributed by atoms with Gasteiger partial charge >= 0.3 is 0 Å². The predicted octanol–water partition coefficient (Wildman–Crippen LogP) is 3.82. The topological polar surface area (TPSA) is 56.5 Å². The maximum Gasteiger partial charge on any atom is 0.291 e. The van der Waals surface area contributed by atoms with Gasteiger partial charge in [-0.2, -0.15) is 9.50 Å². The molecule has 0 N–H and O–H groups in total. The maximum atomic E-state index is 13.7. The molecular formula is C18H10Cl2FN3O2S. The van der Waals surface area contributed by atoms with E-state index in [-0.39, 0.29) is 27.0 Å². The first-order valence-electron chi connectivity index (χ1n) is 7.66. The van der Waals surface area contributed by atoms with E-state index in [2.05, 4.69) is 10.1 Å². The van der Waals surface area contributed by atoms with Gasteiger partial charge in [-0.25, -0.2) is 4.39 Å². The van der Waals surface area contributed by atoms with Crippen molar-refractivity contribution in [1.29, 1.82) is 0 Å². The van der Waals surface area contributed by atoms with Crippen molar-refractivity contribution in [2.75, 3.05) is 7.11 Å². The molecule has 0 amide bonds. The van der Waals surface area contributed by atoms with E-state index in [4.69, 9.17) is 27.9 Å². The van der Waals surface area contributed by atoms with Crippen LogP contribution in [0.15, 0.2) is 41.2 Å². The number of hydrogen-bond donors (Lipinski definition) is 0. The Morgan fingerprint density at radius 2 is 1.93 bits per heavy atom. The van der Waals surface area contributed by atoms with Crippen LogP contribution in [0.4, 0.5) is 4.39 Å². The minimum atomic E-state index is -0.634. The average molecular weight is 422 g/mol. The first-order valence-corrected chi connectivity index (χ1v) is 9.24. The van der Waals surface area contributed by atoms with E-state index in [0.29, 0.717) is 9.49 Å². The number of ether oxygens (including phenoxy) is 1. The number of benzene rings is 2. The van der Waals surface area contributed by atoms with Gasteiger partial charge in [0.25, 0.3) is 5.56 Å². The maximum absolute atomic E-state index is 13.7. The van der Waals surface area contributed by atoms with Crippen molar-refractivity contribution in [1.82, 2.24) is 14.6 Å². The Morgan fingerprint density at radius 3 is 2.59 bits per heavy atom. The Kier molecular flexibility index (Phi) is 4.59. The van der Waals surface area contributed by atoms with Crippen LogP contribution in [-0.2, 0) is 0 Å². The molecule has 0 unspecified atom stereocenters. The Balaban J connectivity index is 1.79. The molecular weight excluding hydrogens is 412 g/mol. The van der Waals surface area contributed by atoms with Crippen molar-refractivity contribution < 1.29 is 9.13 Å². The summed E-state index contributed by atoms with van der Waals surface area (Å²) in [6.07, 6.45) is 1.75. The minimum Gasteiger partial charge on any atom is -0.497 e. The van der Waals surface area contributed by atoms with Gasteiger partial charge in [0.05, 0.1) is 21.7 Å². The lowest BCUT2D eigenvalue weighted by molar-refractivity contribution is 0.415. The fourth-order valence-electron chi connectivity index (χ4n) is 2.49. The van der Waals surface area contributed by atoms with Crippen LogP contribution in [0.3, 0.4) is 0 Å². The fourth-order valence-corrected chi connectivity index (χ4v) is 3.87. The van der Waals surface area contributed by atoms with Crippen molar-refractivity contribution in [2.45, 2.75) is 0 Å². The summed E-state index contributed by atoms with van der Waals surface area (Å²) < 4.78 is 20.5. The molecule has 0 aliphatic carbocycles.